The van der Waals surface area contributed by atoms with Gasteiger partial charge in [-0.1, -0.05) is 47.1 Å². The number of benzene rings is 1. The number of hydrogen-bond acceptors (Lipinski definition) is 4. The minimum atomic E-state index is -0.215. The zero-order valence-electron chi connectivity index (χ0n) is 11.2. The molecule has 112 valence electrons. The van der Waals surface area contributed by atoms with Crippen molar-refractivity contribution in [3.8, 4) is 0 Å². The molecule has 0 atom stereocenters. The van der Waals surface area contributed by atoms with Crippen molar-refractivity contribution >= 4 is 52.2 Å². The largest absolute Gasteiger partial charge is 0.323 e. The van der Waals surface area contributed by atoms with Crippen molar-refractivity contribution in [3.05, 3.63) is 52.6 Å². The first-order valence-corrected chi connectivity index (χ1v) is 8.06. The van der Waals surface area contributed by atoms with Crippen molar-refractivity contribution in [2.45, 2.75) is 5.16 Å². The van der Waals surface area contributed by atoms with Crippen LogP contribution in [0.4, 0.5) is 5.69 Å². The van der Waals surface area contributed by atoms with E-state index in [0.29, 0.717) is 20.9 Å². The summed E-state index contributed by atoms with van der Waals surface area (Å²) in [7, 11) is 0. The average Bonchev–Trinajstić information content (AvgIpc) is 2.92. The van der Waals surface area contributed by atoms with Crippen molar-refractivity contribution in [2.75, 3.05) is 11.1 Å². The Kier molecular flexibility index (Phi) is 4.52. The van der Waals surface area contributed by atoms with Gasteiger partial charge >= 0.3 is 0 Å². The van der Waals surface area contributed by atoms with Crippen LogP contribution in [0.3, 0.4) is 0 Å². The lowest BCUT2D eigenvalue weighted by Gasteiger charge is -2.08. The predicted molar refractivity (Wildman–Crippen MR) is 88.8 cm³/mol. The number of thioether (sulfide) groups is 1. The fourth-order valence-corrected chi connectivity index (χ4v) is 3.06. The van der Waals surface area contributed by atoms with Gasteiger partial charge in [0.25, 0.3) is 0 Å². The minimum Gasteiger partial charge on any atom is -0.323 e. The van der Waals surface area contributed by atoms with Crippen LogP contribution in [0.5, 0.6) is 0 Å². The Labute approximate surface area is 140 Å². The molecule has 5 nitrogen and oxygen atoms in total. The number of rotatable bonds is 4. The second-order valence-corrected chi connectivity index (χ2v) is 6.10. The number of carbonyl (C=O) groups is 1. The molecule has 0 fully saturated rings. The van der Waals surface area contributed by atoms with Crippen molar-refractivity contribution in [2.24, 2.45) is 0 Å². The van der Waals surface area contributed by atoms with Gasteiger partial charge in [0.15, 0.2) is 10.8 Å². The number of amides is 1. The fraction of sp³-hybridized carbons (Fsp3) is 0.0714. The Morgan fingerprint density at radius 2 is 1.91 bits per heavy atom. The molecule has 0 aliphatic rings. The monoisotopic (exact) mass is 352 g/mol. The molecule has 22 heavy (non-hydrogen) atoms. The number of pyridine rings is 1. The highest BCUT2D eigenvalue weighted by atomic mass is 35.5. The lowest BCUT2D eigenvalue weighted by Crippen LogP contribution is -2.15. The first kappa shape index (κ1) is 15.1. The zero-order chi connectivity index (χ0) is 15.5. The maximum Gasteiger partial charge on any atom is 0.234 e. The summed E-state index contributed by atoms with van der Waals surface area (Å²) in [4.78, 5) is 12.0. The van der Waals surface area contributed by atoms with Crippen LogP contribution >= 0.6 is 35.0 Å². The van der Waals surface area contributed by atoms with E-state index >= 15 is 0 Å². The van der Waals surface area contributed by atoms with E-state index in [4.69, 9.17) is 23.2 Å². The molecule has 0 bridgehead atoms. The standard InChI is InChI=1S/C14H10Cl2N4OS/c15-9-4-3-5-10(16)13(9)17-12(21)8-22-14-19-18-11-6-1-2-7-20(11)14/h1-7H,8H2,(H,17,21). The van der Waals surface area contributed by atoms with Crippen LogP contribution in [0.15, 0.2) is 47.8 Å². The molecule has 1 aromatic carbocycles. The van der Waals surface area contributed by atoms with Crippen molar-refractivity contribution in [3.63, 3.8) is 0 Å². The van der Waals surface area contributed by atoms with E-state index in [-0.39, 0.29) is 11.7 Å². The van der Waals surface area contributed by atoms with E-state index in [1.807, 2.05) is 28.8 Å². The summed E-state index contributed by atoms with van der Waals surface area (Å²) in [5, 5.41) is 12.2. The summed E-state index contributed by atoms with van der Waals surface area (Å²) in [5.41, 5.74) is 1.15. The summed E-state index contributed by atoms with van der Waals surface area (Å²) in [6.07, 6.45) is 1.85. The second-order valence-electron chi connectivity index (χ2n) is 4.34. The molecule has 0 aliphatic carbocycles. The van der Waals surface area contributed by atoms with Crippen molar-refractivity contribution in [1.29, 1.82) is 0 Å². The molecule has 8 heteroatoms. The van der Waals surface area contributed by atoms with E-state index in [2.05, 4.69) is 15.5 Å². The van der Waals surface area contributed by atoms with Crippen LogP contribution < -0.4 is 5.32 Å². The van der Waals surface area contributed by atoms with Gasteiger partial charge in [-0.2, -0.15) is 0 Å². The van der Waals surface area contributed by atoms with Gasteiger partial charge in [-0.15, -0.1) is 10.2 Å². The molecular weight excluding hydrogens is 343 g/mol. The molecule has 0 saturated carbocycles. The molecular formula is C14H10Cl2N4OS. The lowest BCUT2D eigenvalue weighted by molar-refractivity contribution is -0.113. The summed E-state index contributed by atoms with van der Waals surface area (Å²) in [6.45, 7) is 0. The number of para-hydroxylation sites is 1. The summed E-state index contributed by atoms with van der Waals surface area (Å²) in [6, 6.07) is 10.7. The maximum atomic E-state index is 12.0. The minimum absolute atomic E-state index is 0.178. The Balaban J connectivity index is 1.68. The number of nitrogens with zero attached hydrogens (tertiary/aromatic N) is 3. The molecule has 3 aromatic rings. The van der Waals surface area contributed by atoms with Gasteiger partial charge in [0, 0.05) is 6.20 Å². The van der Waals surface area contributed by atoms with Crippen LogP contribution in [-0.2, 0) is 4.79 Å². The molecule has 0 spiro atoms. The molecule has 0 saturated heterocycles. The number of aromatic nitrogens is 3. The third-order valence-corrected chi connectivity index (χ3v) is 4.42. The van der Waals surface area contributed by atoms with E-state index in [1.165, 1.54) is 11.8 Å². The average molecular weight is 353 g/mol. The highest BCUT2D eigenvalue weighted by Crippen LogP contribution is 2.30. The van der Waals surface area contributed by atoms with Gasteiger partial charge in [-0.25, -0.2) is 0 Å². The number of hydrogen-bond donors (Lipinski definition) is 1. The molecule has 3 rings (SSSR count). The summed E-state index contributed by atoms with van der Waals surface area (Å²) < 4.78 is 1.82. The van der Waals surface area contributed by atoms with Gasteiger partial charge in [0.05, 0.1) is 21.5 Å². The summed E-state index contributed by atoms with van der Waals surface area (Å²) >= 11 is 13.3. The van der Waals surface area contributed by atoms with Crippen LogP contribution in [0.25, 0.3) is 5.65 Å². The van der Waals surface area contributed by atoms with Crippen LogP contribution in [-0.4, -0.2) is 26.3 Å². The van der Waals surface area contributed by atoms with Crippen LogP contribution in [0.2, 0.25) is 10.0 Å². The van der Waals surface area contributed by atoms with Crippen LogP contribution in [0.1, 0.15) is 0 Å². The number of fused-ring (bicyclic) bond motifs is 1. The highest BCUT2D eigenvalue weighted by Gasteiger charge is 2.12. The molecule has 1 N–H and O–H groups in total. The maximum absolute atomic E-state index is 12.0. The Hall–Kier alpha value is -1.76. The SMILES string of the molecule is O=C(CSc1nnc2ccccn12)Nc1c(Cl)cccc1Cl. The first-order chi connectivity index (χ1) is 10.6. The second kappa shape index (κ2) is 6.56. The molecule has 0 radical (unpaired) electrons. The van der Waals surface area contributed by atoms with E-state index in [9.17, 15) is 4.79 Å². The third-order valence-electron chi connectivity index (χ3n) is 2.84. The number of carbonyl (C=O) groups excluding carboxylic acids is 1. The Morgan fingerprint density at radius 1 is 1.14 bits per heavy atom. The highest BCUT2D eigenvalue weighted by molar-refractivity contribution is 7.99. The normalized spacial score (nSPS) is 10.8. The zero-order valence-corrected chi connectivity index (χ0v) is 13.5. The van der Waals surface area contributed by atoms with Gasteiger partial charge in [0.2, 0.25) is 5.91 Å². The van der Waals surface area contributed by atoms with E-state index in [1.54, 1.807) is 18.2 Å². The molecule has 1 amide bonds. The third kappa shape index (κ3) is 3.19. The molecule has 2 aromatic heterocycles. The van der Waals surface area contributed by atoms with Crippen molar-refractivity contribution in [1.82, 2.24) is 14.6 Å². The van der Waals surface area contributed by atoms with Gasteiger partial charge in [0.1, 0.15) is 0 Å². The molecule has 0 unspecified atom stereocenters. The lowest BCUT2D eigenvalue weighted by atomic mass is 10.3. The number of halogens is 2. The Morgan fingerprint density at radius 3 is 2.68 bits per heavy atom. The quantitative estimate of drug-likeness (QED) is 0.726. The van der Waals surface area contributed by atoms with Gasteiger partial charge in [-0.05, 0) is 24.3 Å². The smallest absolute Gasteiger partial charge is 0.234 e. The topological polar surface area (TPSA) is 59.3 Å². The van der Waals surface area contributed by atoms with Crippen molar-refractivity contribution < 1.29 is 4.79 Å². The fourth-order valence-electron chi connectivity index (χ4n) is 1.84. The van der Waals surface area contributed by atoms with E-state index in [0.717, 1.165) is 5.65 Å². The van der Waals surface area contributed by atoms with E-state index < -0.39 is 0 Å². The van der Waals surface area contributed by atoms with Gasteiger partial charge < -0.3 is 5.32 Å². The van der Waals surface area contributed by atoms with Gasteiger partial charge in [-0.3, -0.25) is 9.20 Å². The number of nitrogens with one attached hydrogen (secondary N) is 1. The summed E-state index contributed by atoms with van der Waals surface area (Å²) in [5.74, 6) is -0.0373. The Bertz CT molecular complexity index is 816. The predicted octanol–water partition coefficient (Wildman–Crippen LogP) is 3.77. The molecule has 0 aliphatic heterocycles. The molecule has 2 heterocycles. The van der Waals surface area contributed by atoms with Crippen LogP contribution in [0, 0.1) is 0 Å². The number of anilines is 1. The first-order valence-electron chi connectivity index (χ1n) is 6.31.